The van der Waals surface area contributed by atoms with Gasteiger partial charge in [0.2, 0.25) is 0 Å². The maximum Gasteiger partial charge on any atom is 0.338 e. The number of hydrogen-bond donors (Lipinski definition) is 0. The van der Waals surface area contributed by atoms with E-state index in [-0.39, 0.29) is 13.2 Å². The monoisotopic (exact) mass is 594 g/mol. The standard InChI is InChI=1S/C30H42O12/c1-32-30(31)25-22-28-24-29(23-25)42-21-17-38-13-9-34-7-11-36-15-19-40-27-3-2-26(4-5-27)39-18-14-35-10-6-33-8-12-37-16-20-41-28/h2-5,22-24H,6-21H2,1H3. The van der Waals surface area contributed by atoms with Crippen LogP contribution in [-0.4, -0.2) is 119 Å². The molecule has 0 radical (unpaired) electrons. The maximum atomic E-state index is 12.1. The second kappa shape index (κ2) is 21.6. The van der Waals surface area contributed by atoms with E-state index in [4.69, 9.17) is 52.1 Å². The molecule has 0 saturated heterocycles. The topological polar surface area (TPSA) is 119 Å². The van der Waals surface area contributed by atoms with Crippen LogP contribution >= 0.6 is 0 Å². The van der Waals surface area contributed by atoms with Crippen molar-refractivity contribution in [3.8, 4) is 23.0 Å². The lowest BCUT2D eigenvalue weighted by Crippen LogP contribution is -2.14. The van der Waals surface area contributed by atoms with Crippen LogP contribution in [0.2, 0.25) is 0 Å². The van der Waals surface area contributed by atoms with Gasteiger partial charge in [-0.25, -0.2) is 4.79 Å². The number of hydrogen-bond acceptors (Lipinski definition) is 12. The fourth-order valence-electron chi connectivity index (χ4n) is 3.56. The van der Waals surface area contributed by atoms with E-state index in [9.17, 15) is 4.79 Å². The third-order valence-corrected chi connectivity index (χ3v) is 5.60. The highest BCUT2D eigenvalue weighted by molar-refractivity contribution is 5.90. The Bertz CT molecular complexity index is 918. The van der Waals surface area contributed by atoms with Gasteiger partial charge in [-0.1, -0.05) is 0 Å². The van der Waals surface area contributed by atoms with Crippen LogP contribution in [0, 0.1) is 0 Å². The molecule has 0 amide bonds. The van der Waals surface area contributed by atoms with Gasteiger partial charge in [-0.15, -0.1) is 0 Å². The predicted molar refractivity (Wildman–Crippen MR) is 151 cm³/mol. The Labute approximate surface area is 246 Å². The quantitative estimate of drug-likeness (QED) is 0.357. The molecule has 4 bridgehead atoms. The Morgan fingerprint density at radius 3 is 1.05 bits per heavy atom. The first-order valence-corrected chi connectivity index (χ1v) is 14.1. The molecule has 0 unspecified atom stereocenters. The van der Waals surface area contributed by atoms with E-state index in [0.29, 0.717) is 110 Å². The summed E-state index contributed by atoms with van der Waals surface area (Å²) in [4.78, 5) is 12.1. The van der Waals surface area contributed by atoms with Crippen LogP contribution in [0.4, 0.5) is 0 Å². The van der Waals surface area contributed by atoms with E-state index in [1.165, 1.54) is 7.11 Å². The van der Waals surface area contributed by atoms with E-state index >= 15 is 0 Å². The Balaban J connectivity index is 1.41. The van der Waals surface area contributed by atoms with Crippen LogP contribution < -0.4 is 18.9 Å². The summed E-state index contributed by atoms with van der Waals surface area (Å²) in [5.74, 6) is 1.93. The number of methoxy groups -OCH3 is 1. The second-order valence-electron chi connectivity index (χ2n) is 8.72. The van der Waals surface area contributed by atoms with Gasteiger partial charge in [0.15, 0.2) is 0 Å². The predicted octanol–water partition coefficient (Wildman–Crippen LogP) is 2.80. The van der Waals surface area contributed by atoms with E-state index in [2.05, 4.69) is 0 Å². The van der Waals surface area contributed by atoms with Crippen LogP contribution in [0.3, 0.4) is 0 Å². The summed E-state index contributed by atoms with van der Waals surface area (Å²) < 4.78 is 60.9. The maximum absolute atomic E-state index is 12.1. The van der Waals surface area contributed by atoms with Crippen molar-refractivity contribution in [2.24, 2.45) is 0 Å². The van der Waals surface area contributed by atoms with Crippen LogP contribution in [0.15, 0.2) is 42.5 Å². The van der Waals surface area contributed by atoms with Crippen molar-refractivity contribution in [3.63, 3.8) is 0 Å². The molecule has 12 heteroatoms. The van der Waals surface area contributed by atoms with Crippen molar-refractivity contribution in [1.29, 1.82) is 0 Å². The van der Waals surface area contributed by atoms with Gasteiger partial charge >= 0.3 is 5.97 Å². The Morgan fingerprint density at radius 1 is 0.452 bits per heavy atom. The summed E-state index contributed by atoms with van der Waals surface area (Å²) >= 11 is 0. The minimum absolute atomic E-state index is 0.289. The summed E-state index contributed by atoms with van der Waals surface area (Å²) in [6, 6.07) is 12.3. The van der Waals surface area contributed by atoms with Gasteiger partial charge in [0.25, 0.3) is 0 Å². The second-order valence-corrected chi connectivity index (χ2v) is 8.72. The smallest absolute Gasteiger partial charge is 0.338 e. The van der Waals surface area contributed by atoms with E-state index in [1.54, 1.807) is 18.2 Å². The first kappa shape index (κ1) is 33.4. The average Bonchev–Trinajstić information content (AvgIpc) is 3.01. The van der Waals surface area contributed by atoms with Crippen LogP contribution in [0.25, 0.3) is 0 Å². The highest BCUT2D eigenvalue weighted by Gasteiger charge is 2.11. The zero-order chi connectivity index (χ0) is 29.5. The van der Waals surface area contributed by atoms with Crippen LogP contribution in [0.1, 0.15) is 10.4 Å². The third kappa shape index (κ3) is 14.7. The van der Waals surface area contributed by atoms with Gasteiger partial charge < -0.3 is 52.1 Å². The molecule has 2 aromatic carbocycles. The van der Waals surface area contributed by atoms with Crippen LogP contribution in [-0.2, 0) is 33.2 Å². The largest absolute Gasteiger partial charge is 0.491 e. The summed E-state index contributed by atoms with van der Waals surface area (Å²) in [6.07, 6.45) is 0. The van der Waals surface area contributed by atoms with Crippen LogP contribution in [0.5, 0.6) is 23.0 Å². The van der Waals surface area contributed by atoms with Crippen molar-refractivity contribution in [1.82, 2.24) is 0 Å². The fraction of sp³-hybridized carbons (Fsp3) is 0.567. The zero-order valence-electron chi connectivity index (χ0n) is 24.3. The van der Waals surface area contributed by atoms with E-state index in [1.807, 2.05) is 24.3 Å². The van der Waals surface area contributed by atoms with Crippen molar-refractivity contribution >= 4 is 5.97 Å². The molecule has 0 aromatic heterocycles. The zero-order valence-corrected chi connectivity index (χ0v) is 24.3. The number of benzene rings is 2. The molecule has 0 saturated carbocycles. The molecule has 0 atom stereocenters. The van der Waals surface area contributed by atoms with Crippen molar-refractivity contribution < 1.29 is 56.9 Å². The summed E-state index contributed by atoms with van der Waals surface area (Å²) in [6.45, 7) is 6.58. The van der Waals surface area contributed by atoms with Gasteiger partial charge in [0, 0.05) is 6.07 Å². The third-order valence-electron chi connectivity index (χ3n) is 5.60. The molecule has 0 N–H and O–H groups in total. The molecule has 42 heavy (non-hydrogen) atoms. The van der Waals surface area contributed by atoms with Gasteiger partial charge in [0.05, 0.1) is 92.0 Å². The lowest BCUT2D eigenvalue weighted by atomic mass is 10.2. The number of ether oxygens (including phenoxy) is 11. The molecule has 2 aliphatic rings. The lowest BCUT2D eigenvalue weighted by Gasteiger charge is -2.12. The Kier molecular flexibility index (Phi) is 17.1. The summed E-state index contributed by atoms with van der Waals surface area (Å²) in [7, 11) is 1.32. The SMILES string of the molecule is COC(=O)c1cc2cc(c1)OCCOCCOCCOCCOc1ccc(cc1)OCCOCCOCCOCCO2. The van der Waals surface area contributed by atoms with E-state index < -0.39 is 5.97 Å². The minimum atomic E-state index is -0.488. The molecule has 2 aliphatic heterocycles. The summed E-state index contributed by atoms with van der Waals surface area (Å²) in [5.41, 5.74) is 0.321. The molecule has 0 fully saturated rings. The van der Waals surface area contributed by atoms with Gasteiger partial charge in [-0.05, 0) is 36.4 Å². The molecule has 12 nitrogen and oxygen atoms in total. The number of carbonyl (C=O) groups is 1. The van der Waals surface area contributed by atoms with Crippen molar-refractivity contribution in [3.05, 3.63) is 48.0 Å². The number of esters is 1. The fourth-order valence-corrected chi connectivity index (χ4v) is 3.56. The Morgan fingerprint density at radius 2 is 0.738 bits per heavy atom. The normalized spacial score (nSPS) is 18.3. The van der Waals surface area contributed by atoms with Crippen molar-refractivity contribution in [2.75, 3.05) is 113 Å². The Hall–Kier alpha value is -3.13. The number of rotatable bonds is 1. The van der Waals surface area contributed by atoms with Gasteiger partial charge in [-0.2, -0.15) is 0 Å². The first-order valence-electron chi connectivity index (χ1n) is 14.1. The van der Waals surface area contributed by atoms with Gasteiger partial charge in [0.1, 0.15) is 49.4 Å². The molecule has 4 rings (SSSR count). The molecule has 0 aliphatic carbocycles. The summed E-state index contributed by atoms with van der Waals surface area (Å²) in [5, 5.41) is 0. The average molecular weight is 595 g/mol. The van der Waals surface area contributed by atoms with E-state index in [0.717, 1.165) is 11.5 Å². The number of fused-ring (bicyclic) bond motifs is 26. The first-order chi connectivity index (χ1) is 20.7. The highest BCUT2D eigenvalue weighted by atomic mass is 16.6. The highest BCUT2D eigenvalue weighted by Crippen LogP contribution is 2.24. The molecule has 2 heterocycles. The molecular weight excluding hydrogens is 552 g/mol. The molecule has 234 valence electrons. The van der Waals surface area contributed by atoms with Gasteiger partial charge in [-0.3, -0.25) is 0 Å². The van der Waals surface area contributed by atoms with Crippen molar-refractivity contribution in [2.45, 2.75) is 0 Å². The molecule has 2 aromatic rings. The molecule has 0 spiro atoms. The number of carbonyl (C=O) groups excluding carboxylic acids is 1. The molecular formula is C30H42O12. The lowest BCUT2D eigenvalue weighted by molar-refractivity contribution is 0.00480. The minimum Gasteiger partial charge on any atom is -0.491 e.